The van der Waals surface area contributed by atoms with Gasteiger partial charge in [0.15, 0.2) is 0 Å². The van der Waals surface area contributed by atoms with Gasteiger partial charge >= 0.3 is 0 Å². The third-order valence-electron chi connectivity index (χ3n) is 3.73. The van der Waals surface area contributed by atoms with Gasteiger partial charge < -0.3 is 9.84 Å². The van der Waals surface area contributed by atoms with Crippen molar-refractivity contribution < 1.29 is 23.1 Å². The lowest BCUT2D eigenvalue weighted by molar-refractivity contribution is -0.121. The molecule has 8 nitrogen and oxygen atoms in total. The van der Waals surface area contributed by atoms with Gasteiger partial charge in [0.1, 0.15) is 17.5 Å². The zero-order valence-corrected chi connectivity index (χ0v) is 16.0. The third-order valence-corrected chi connectivity index (χ3v) is 4.97. The molecule has 0 aliphatic heterocycles. The van der Waals surface area contributed by atoms with Crippen molar-refractivity contribution in [3.05, 3.63) is 54.1 Å². The number of aromatic hydroxyl groups is 1. The molecule has 2 aromatic rings. The summed E-state index contributed by atoms with van der Waals surface area (Å²) < 4.78 is 30.5. The Morgan fingerprint density at radius 2 is 1.85 bits per heavy atom. The van der Waals surface area contributed by atoms with E-state index in [1.54, 1.807) is 42.5 Å². The van der Waals surface area contributed by atoms with Crippen molar-refractivity contribution in [2.24, 2.45) is 5.10 Å². The number of phenolic OH excluding ortho intramolecular Hbond substituents is 1. The van der Waals surface area contributed by atoms with E-state index in [2.05, 4.69) is 10.5 Å². The van der Waals surface area contributed by atoms with Crippen LogP contribution in [0.1, 0.15) is 12.5 Å². The maximum atomic E-state index is 12.4. The van der Waals surface area contributed by atoms with Crippen LogP contribution in [0.25, 0.3) is 0 Å². The van der Waals surface area contributed by atoms with E-state index >= 15 is 0 Å². The molecular weight excluding hydrogens is 370 g/mol. The molecule has 1 atom stereocenters. The van der Waals surface area contributed by atoms with Gasteiger partial charge in [-0.1, -0.05) is 12.1 Å². The topological polar surface area (TPSA) is 108 Å². The molecule has 2 aromatic carbocycles. The summed E-state index contributed by atoms with van der Waals surface area (Å²) in [7, 11) is -2.22. The Balaban J connectivity index is 2.18. The van der Waals surface area contributed by atoms with E-state index in [9.17, 15) is 18.3 Å². The molecule has 0 bridgehead atoms. The molecule has 1 unspecified atom stereocenters. The molecule has 1 amide bonds. The van der Waals surface area contributed by atoms with Crippen LogP contribution in [0, 0.1) is 0 Å². The number of ether oxygens (including phenoxy) is 1. The van der Waals surface area contributed by atoms with Crippen LogP contribution in [-0.4, -0.2) is 45.1 Å². The highest BCUT2D eigenvalue weighted by molar-refractivity contribution is 7.92. The summed E-state index contributed by atoms with van der Waals surface area (Å²) in [5.41, 5.74) is 3.03. The first kappa shape index (κ1) is 20.2. The maximum absolute atomic E-state index is 12.4. The van der Waals surface area contributed by atoms with Crippen molar-refractivity contribution in [3.63, 3.8) is 0 Å². The van der Waals surface area contributed by atoms with E-state index in [0.29, 0.717) is 17.0 Å². The Kier molecular flexibility index (Phi) is 6.40. The van der Waals surface area contributed by atoms with E-state index in [4.69, 9.17) is 4.74 Å². The first-order valence-electron chi connectivity index (χ1n) is 7.98. The second kappa shape index (κ2) is 8.54. The van der Waals surface area contributed by atoms with E-state index < -0.39 is 22.0 Å². The predicted molar refractivity (Wildman–Crippen MR) is 104 cm³/mol. The lowest BCUT2D eigenvalue weighted by atomic mass is 10.2. The van der Waals surface area contributed by atoms with Crippen LogP contribution in [0.3, 0.4) is 0 Å². The number of carbonyl (C=O) groups is 1. The first-order chi connectivity index (χ1) is 12.7. The van der Waals surface area contributed by atoms with Crippen LogP contribution in [-0.2, 0) is 14.8 Å². The van der Waals surface area contributed by atoms with Crippen molar-refractivity contribution in [1.29, 1.82) is 0 Å². The molecule has 0 aromatic heterocycles. The van der Waals surface area contributed by atoms with Crippen LogP contribution >= 0.6 is 0 Å². The van der Waals surface area contributed by atoms with Crippen LogP contribution in [0.15, 0.2) is 53.6 Å². The molecule has 0 spiro atoms. The van der Waals surface area contributed by atoms with Crippen molar-refractivity contribution in [3.8, 4) is 11.5 Å². The molecule has 27 heavy (non-hydrogen) atoms. The van der Waals surface area contributed by atoms with Crippen molar-refractivity contribution in [1.82, 2.24) is 5.43 Å². The average Bonchev–Trinajstić information content (AvgIpc) is 2.62. The number of hydrogen-bond donors (Lipinski definition) is 2. The smallest absolute Gasteiger partial charge is 0.263 e. The van der Waals surface area contributed by atoms with Gasteiger partial charge in [-0.25, -0.2) is 13.8 Å². The summed E-state index contributed by atoms with van der Waals surface area (Å²) in [5, 5.41) is 13.5. The number of hydrazone groups is 1. The number of anilines is 1. The largest absolute Gasteiger partial charge is 0.507 e. The number of phenols is 1. The zero-order chi connectivity index (χ0) is 20.0. The van der Waals surface area contributed by atoms with E-state index in [1.807, 2.05) is 0 Å². The number of hydrogen-bond acceptors (Lipinski definition) is 6. The molecule has 2 rings (SSSR count). The molecule has 0 saturated carbocycles. The first-order valence-corrected chi connectivity index (χ1v) is 9.83. The number of para-hydroxylation sites is 1. The summed E-state index contributed by atoms with van der Waals surface area (Å²) in [6.45, 7) is 1.45. The minimum Gasteiger partial charge on any atom is -0.507 e. The molecule has 2 N–H and O–H groups in total. The van der Waals surface area contributed by atoms with Gasteiger partial charge in [-0.15, -0.1) is 0 Å². The summed E-state index contributed by atoms with van der Waals surface area (Å²) >= 11 is 0. The van der Waals surface area contributed by atoms with Crippen molar-refractivity contribution >= 4 is 27.8 Å². The van der Waals surface area contributed by atoms with Gasteiger partial charge in [0.2, 0.25) is 10.0 Å². The van der Waals surface area contributed by atoms with Crippen LogP contribution in [0.4, 0.5) is 5.69 Å². The molecule has 0 fully saturated rings. The number of rotatable bonds is 7. The number of benzene rings is 2. The second-order valence-electron chi connectivity index (χ2n) is 5.73. The number of nitrogens with one attached hydrogen (secondary N) is 1. The van der Waals surface area contributed by atoms with Gasteiger partial charge in [0.25, 0.3) is 5.91 Å². The fraction of sp³-hybridized carbons (Fsp3) is 0.222. The second-order valence-corrected chi connectivity index (χ2v) is 7.59. The van der Waals surface area contributed by atoms with E-state index in [1.165, 1.54) is 26.3 Å². The molecule has 0 aliphatic rings. The zero-order valence-electron chi connectivity index (χ0n) is 15.2. The molecule has 9 heteroatoms. The Labute approximate surface area is 158 Å². The average molecular weight is 391 g/mol. The molecule has 0 saturated heterocycles. The molecule has 0 heterocycles. The minimum atomic E-state index is -3.73. The van der Waals surface area contributed by atoms with Gasteiger partial charge in [0, 0.05) is 5.56 Å². The summed E-state index contributed by atoms with van der Waals surface area (Å²) in [5.74, 6) is -0.0426. The molecule has 144 valence electrons. The number of sulfonamides is 1. The van der Waals surface area contributed by atoms with Crippen LogP contribution < -0.4 is 14.5 Å². The van der Waals surface area contributed by atoms with Gasteiger partial charge in [0.05, 0.1) is 25.3 Å². The molecule has 0 aliphatic carbocycles. The fourth-order valence-electron chi connectivity index (χ4n) is 2.39. The molecule has 0 radical (unpaired) electrons. The predicted octanol–water partition coefficient (Wildman–Crippen LogP) is 1.71. The van der Waals surface area contributed by atoms with E-state index in [0.717, 1.165) is 10.6 Å². The van der Waals surface area contributed by atoms with Gasteiger partial charge in [-0.3, -0.25) is 9.10 Å². The van der Waals surface area contributed by atoms with Crippen LogP contribution in [0.5, 0.6) is 11.5 Å². The highest BCUT2D eigenvalue weighted by Gasteiger charge is 2.29. The van der Waals surface area contributed by atoms with Crippen LogP contribution in [0.2, 0.25) is 0 Å². The summed E-state index contributed by atoms with van der Waals surface area (Å²) in [4.78, 5) is 12.4. The standard InChI is InChI=1S/C18H21N3O5S/c1-13(18(23)20-19-12-14-6-4-5-7-17(14)22)21(27(3,24)25)15-8-10-16(26-2)11-9-15/h4-13,22H,1-3H3,(H,20,23)/b19-12+. The Morgan fingerprint density at radius 1 is 1.22 bits per heavy atom. The summed E-state index contributed by atoms with van der Waals surface area (Å²) in [6.07, 6.45) is 2.30. The van der Waals surface area contributed by atoms with Crippen molar-refractivity contribution in [2.45, 2.75) is 13.0 Å². The number of carbonyl (C=O) groups excluding carboxylic acids is 1. The van der Waals surface area contributed by atoms with E-state index in [-0.39, 0.29) is 5.75 Å². The lowest BCUT2D eigenvalue weighted by Gasteiger charge is -2.27. The fourth-order valence-corrected chi connectivity index (χ4v) is 3.57. The SMILES string of the molecule is COc1ccc(N(C(C)C(=O)N/N=C/c2ccccc2O)S(C)(=O)=O)cc1. The highest BCUT2D eigenvalue weighted by atomic mass is 32.2. The van der Waals surface area contributed by atoms with Gasteiger partial charge in [-0.2, -0.15) is 5.10 Å². The number of amides is 1. The minimum absolute atomic E-state index is 0.0135. The Bertz CT molecular complexity index is 926. The van der Waals surface area contributed by atoms with Crippen molar-refractivity contribution in [2.75, 3.05) is 17.7 Å². The maximum Gasteiger partial charge on any atom is 0.263 e. The lowest BCUT2D eigenvalue weighted by Crippen LogP contribution is -2.46. The number of nitrogens with zero attached hydrogens (tertiary/aromatic N) is 2. The molecular formula is C18H21N3O5S. The number of methoxy groups -OCH3 is 1. The Hall–Kier alpha value is -3.07. The normalized spacial score (nSPS) is 12.6. The summed E-state index contributed by atoms with van der Waals surface area (Å²) in [6, 6.07) is 11.7. The monoisotopic (exact) mass is 391 g/mol. The van der Waals surface area contributed by atoms with Gasteiger partial charge in [-0.05, 0) is 43.3 Å². The third kappa shape index (κ3) is 5.20. The quantitative estimate of drug-likeness (QED) is 0.552. The Morgan fingerprint density at radius 3 is 2.41 bits per heavy atom. The highest BCUT2D eigenvalue weighted by Crippen LogP contribution is 2.23.